The number of fused-ring (bicyclic) bond motifs is 1. The van der Waals surface area contributed by atoms with E-state index in [1.807, 2.05) is 30.3 Å². The number of carbonyl (C=O) groups excluding carboxylic acids is 3. The predicted octanol–water partition coefficient (Wildman–Crippen LogP) is 3.89. The highest BCUT2D eigenvalue weighted by molar-refractivity contribution is 8.18. The molecule has 8 heteroatoms. The third-order valence-corrected chi connectivity index (χ3v) is 7.11. The third kappa shape index (κ3) is 4.19. The molecule has 0 N–H and O–H groups in total. The topological polar surface area (TPSA) is 74.1 Å². The average Bonchev–Trinajstić information content (AvgIpc) is 3.39. The van der Waals surface area contributed by atoms with Gasteiger partial charge in [-0.15, -0.1) is 0 Å². The molecule has 1 aromatic carbocycles. The lowest BCUT2D eigenvalue weighted by Gasteiger charge is -2.29. The number of piperidine rings is 1. The molecule has 3 aliphatic rings. The monoisotopic (exact) mass is 451 g/mol. The Labute approximate surface area is 191 Å². The molecule has 0 saturated carbocycles. The van der Waals surface area contributed by atoms with Gasteiger partial charge >= 0.3 is 0 Å². The first-order chi connectivity index (χ1) is 15.6. The van der Waals surface area contributed by atoms with Crippen LogP contribution in [-0.4, -0.2) is 53.0 Å². The molecule has 3 amide bonds. The summed E-state index contributed by atoms with van der Waals surface area (Å²) in [7, 11) is 0. The van der Waals surface area contributed by atoms with Gasteiger partial charge in [-0.25, -0.2) is 0 Å². The molecule has 4 heterocycles. The highest BCUT2D eigenvalue weighted by atomic mass is 32.2. The van der Waals surface area contributed by atoms with E-state index < -0.39 is 11.1 Å². The lowest BCUT2D eigenvalue weighted by atomic mass is 10.00. The summed E-state index contributed by atoms with van der Waals surface area (Å²) in [5.41, 5.74) is 2.36. The van der Waals surface area contributed by atoms with Crippen molar-refractivity contribution in [3.8, 4) is 0 Å². The fourth-order valence-electron chi connectivity index (χ4n) is 4.41. The van der Waals surface area contributed by atoms with Gasteiger partial charge in [0.25, 0.3) is 11.1 Å². The van der Waals surface area contributed by atoms with Crippen LogP contribution >= 0.6 is 11.8 Å². The maximum atomic E-state index is 12.8. The van der Waals surface area contributed by atoms with Crippen molar-refractivity contribution in [1.82, 2.24) is 9.80 Å². The van der Waals surface area contributed by atoms with E-state index in [4.69, 9.17) is 4.42 Å². The summed E-state index contributed by atoms with van der Waals surface area (Å²) in [5.74, 6) is 0.667. The second kappa shape index (κ2) is 8.86. The Morgan fingerprint density at radius 2 is 1.78 bits per heavy atom. The Balaban J connectivity index is 1.24. The van der Waals surface area contributed by atoms with E-state index in [9.17, 15) is 14.4 Å². The van der Waals surface area contributed by atoms with Crippen LogP contribution in [0.25, 0.3) is 6.08 Å². The van der Waals surface area contributed by atoms with Gasteiger partial charge in [0.1, 0.15) is 12.3 Å². The first-order valence-corrected chi connectivity index (χ1v) is 11.8. The molecular weight excluding hydrogens is 426 g/mol. The number of hydrogen-bond acceptors (Lipinski definition) is 6. The fourth-order valence-corrected chi connectivity index (χ4v) is 5.23. The number of furan rings is 1. The average molecular weight is 452 g/mol. The van der Waals surface area contributed by atoms with Crippen molar-refractivity contribution < 1.29 is 18.8 Å². The predicted molar refractivity (Wildman–Crippen MR) is 123 cm³/mol. The Morgan fingerprint density at radius 1 is 1.00 bits per heavy atom. The summed E-state index contributed by atoms with van der Waals surface area (Å²) < 4.78 is 5.89. The molecular formula is C24H25N3O4S. The van der Waals surface area contributed by atoms with Crippen molar-refractivity contribution in [1.29, 1.82) is 0 Å². The van der Waals surface area contributed by atoms with Crippen LogP contribution in [0.15, 0.2) is 45.7 Å². The van der Waals surface area contributed by atoms with Crippen LogP contribution in [0, 0.1) is 0 Å². The minimum Gasteiger partial charge on any atom is -0.441 e. The summed E-state index contributed by atoms with van der Waals surface area (Å²) in [6.45, 7) is 2.79. The lowest BCUT2D eigenvalue weighted by Crippen LogP contribution is -2.44. The van der Waals surface area contributed by atoms with Crippen LogP contribution in [0.4, 0.5) is 10.7 Å². The molecule has 0 spiro atoms. The Bertz CT molecular complexity index is 1090. The normalized spacial score (nSPS) is 20.2. The maximum absolute atomic E-state index is 12.8. The van der Waals surface area contributed by atoms with Crippen LogP contribution in [0.1, 0.15) is 36.1 Å². The Kier molecular flexibility index (Phi) is 5.78. The molecule has 0 aliphatic carbocycles. The summed E-state index contributed by atoms with van der Waals surface area (Å²) in [5, 5.41) is -0.421. The van der Waals surface area contributed by atoms with Gasteiger partial charge in [-0.2, -0.15) is 0 Å². The van der Waals surface area contributed by atoms with Crippen molar-refractivity contribution in [2.45, 2.75) is 32.2 Å². The number of amides is 3. The molecule has 0 atom stereocenters. The van der Waals surface area contributed by atoms with Crippen LogP contribution in [0.5, 0.6) is 0 Å². The number of rotatable bonds is 4. The molecule has 2 fully saturated rings. The third-order valence-electron chi connectivity index (χ3n) is 6.20. The van der Waals surface area contributed by atoms with Crippen molar-refractivity contribution in [2.24, 2.45) is 0 Å². The van der Waals surface area contributed by atoms with Gasteiger partial charge in [-0.05, 0) is 54.6 Å². The van der Waals surface area contributed by atoms with Crippen LogP contribution in [-0.2, 0) is 22.6 Å². The summed E-state index contributed by atoms with van der Waals surface area (Å²) in [6, 6.07) is 11.8. The van der Waals surface area contributed by atoms with E-state index >= 15 is 0 Å². The van der Waals surface area contributed by atoms with E-state index in [-0.39, 0.29) is 17.4 Å². The van der Waals surface area contributed by atoms with Crippen LogP contribution < -0.4 is 4.90 Å². The fraction of sp³-hybridized carbons (Fsp3) is 0.375. The van der Waals surface area contributed by atoms with Crippen molar-refractivity contribution >= 4 is 40.8 Å². The molecule has 0 unspecified atom stereocenters. The van der Waals surface area contributed by atoms with E-state index in [1.54, 1.807) is 11.0 Å². The highest BCUT2D eigenvalue weighted by Crippen LogP contribution is 2.33. The zero-order chi connectivity index (χ0) is 22.1. The van der Waals surface area contributed by atoms with Crippen LogP contribution in [0.3, 0.4) is 0 Å². The molecule has 7 nitrogen and oxygen atoms in total. The SMILES string of the molecule is O=C(CN1C(=O)SC(=Cc2ccc(N3CCCCC3)o2)C1=O)N1CCc2ccccc2C1. The number of benzene rings is 1. The van der Waals surface area contributed by atoms with Gasteiger partial charge < -0.3 is 14.2 Å². The summed E-state index contributed by atoms with van der Waals surface area (Å²) in [6.07, 6.45) is 5.90. The Hall–Kier alpha value is -3.00. The molecule has 0 radical (unpaired) electrons. The van der Waals surface area contributed by atoms with E-state index in [0.29, 0.717) is 18.8 Å². The highest BCUT2D eigenvalue weighted by Gasteiger charge is 2.37. The van der Waals surface area contributed by atoms with E-state index in [1.165, 1.54) is 12.0 Å². The number of imide groups is 1. The second-order valence-corrected chi connectivity index (χ2v) is 9.32. The molecule has 32 heavy (non-hydrogen) atoms. The standard InChI is InChI=1S/C24H25N3O4S/c28-21(26-13-10-17-6-2-3-7-18(17)15-26)16-27-23(29)20(32-24(27)30)14-19-8-9-22(31-19)25-11-4-1-5-12-25/h2-3,6-9,14H,1,4-5,10-13,15-16H2. The first kappa shape index (κ1) is 20.9. The summed E-state index contributed by atoms with van der Waals surface area (Å²) >= 11 is 0.853. The second-order valence-electron chi connectivity index (χ2n) is 8.33. The molecule has 0 bridgehead atoms. The van der Waals surface area contributed by atoms with Gasteiger partial charge in [0, 0.05) is 38.3 Å². The van der Waals surface area contributed by atoms with E-state index in [0.717, 1.165) is 60.5 Å². The zero-order valence-electron chi connectivity index (χ0n) is 17.8. The molecule has 3 aliphatic heterocycles. The minimum atomic E-state index is -0.443. The van der Waals surface area contributed by atoms with Crippen molar-refractivity contribution in [2.75, 3.05) is 31.1 Å². The number of thioether (sulfide) groups is 1. The maximum Gasteiger partial charge on any atom is 0.294 e. The molecule has 166 valence electrons. The first-order valence-electron chi connectivity index (χ1n) is 11.0. The van der Waals surface area contributed by atoms with Crippen molar-refractivity contribution in [3.05, 3.63) is 58.2 Å². The molecule has 1 aromatic heterocycles. The molecule has 2 aromatic rings. The minimum absolute atomic E-state index is 0.214. The van der Waals surface area contributed by atoms with E-state index in [2.05, 4.69) is 11.0 Å². The van der Waals surface area contributed by atoms with Gasteiger partial charge in [-0.3, -0.25) is 19.3 Å². The smallest absolute Gasteiger partial charge is 0.294 e. The molecule has 2 saturated heterocycles. The largest absolute Gasteiger partial charge is 0.441 e. The number of anilines is 1. The van der Waals surface area contributed by atoms with Crippen LogP contribution in [0.2, 0.25) is 0 Å². The van der Waals surface area contributed by atoms with Gasteiger partial charge in [-0.1, -0.05) is 24.3 Å². The quantitative estimate of drug-likeness (QED) is 0.657. The summed E-state index contributed by atoms with van der Waals surface area (Å²) in [4.78, 5) is 43.4. The number of nitrogens with zero attached hydrogens (tertiary/aromatic N) is 3. The van der Waals surface area contributed by atoms with Gasteiger partial charge in [0.15, 0.2) is 5.88 Å². The van der Waals surface area contributed by atoms with Gasteiger partial charge in [0.2, 0.25) is 5.91 Å². The van der Waals surface area contributed by atoms with Gasteiger partial charge in [0.05, 0.1) is 4.91 Å². The van der Waals surface area contributed by atoms with Crippen molar-refractivity contribution in [3.63, 3.8) is 0 Å². The number of carbonyl (C=O) groups is 3. The zero-order valence-corrected chi connectivity index (χ0v) is 18.6. The Morgan fingerprint density at radius 3 is 2.59 bits per heavy atom. The lowest BCUT2D eigenvalue weighted by molar-refractivity contribution is -0.136. The molecule has 5 rings (SSSR count). The number of hydrogen-bond donors (Lipinski definition) is 0.